The second kappa shape index (κ2) is 12.4. The molecule has 3 rings (SSSR count). The van der Waals surface area contributed by atoms with Gasteiger partial charge in [-0.1, -0.05) is 0 Å². The van der Waals surface area contributed by atoms with Gasteiger partial charge in [0.2, 0.25) is 17.7 Å². The number of halogens is 2. The zero-order chi connectivity index (χ0) is 26.2. The molecule has 1 aromatic carbocycles. The number of rotatable bonds is 9. The summed E-state index contributed by atoms with van der Waals surface area (Å²) in [5.41, 5.74) is 2.68. The number of hydrogen-bond donors (Lipinski definition) is 4. The van der Waals surface area contributed by atoms with Gasteiger partial charge >= 0.3 is 6.09 Å². The van der Waals surface area contributed by atoms with Gasteiger partial charge < -0.3 is 25.4 Å². The first kappa shape index (κ1) is 27.1. The molecule has 36 heavy (non-hydrogen) atoms. The Morgan fingerprint density at radius 1 is 1.17 bits per heavy atom. The highest BCUT2D eigenvalue weighted by Gasteiger charge is 2.34. The Morgan fingerprint density at radius 3 is 2.56 bits per heavy atom. The fourth-order valence-corrected chi connectivity index (χ4v) is 3.93. The van der Waals surface area contributed by atoms with Gasteiger partial charge in [0.1, 0.15) is 18.4 Å². The van der Waals surface area contributed by atoms with Gasteiger partial charge in [0.05, 0.1) is 25.3 Å². The molecule has 0 unspecified atom stereocenters. The zero-order valence-corrected chi connectivity index (χ0v) is 19.9. The first-order chi connectivity index (χ1) is 17.2. The van der Waals surface area contributed by atoms with E-state index >= 15 is 8.78 Å². The maximum atomic E-state index is 15.0. The van der Waals surface area contributed by atoms with Gasteiger partial charge in [0.25, 0.3) is 0 Å². The molecule has 0 radical (unpaired) electrons. The van der Waals surface area contributed by atoms with Crippen molar-refractivity contribution in [2.75, 3.05) is 62.2 Å². The molecule has 1 aromatic rings. The lowest BCUT2D eigenvalue weighted by Gasteiger charge is -2.25. The van der Waals surface area contributed by atoms with E-state index in [1.807, 2.05) is 0 Å². The summed E-state index contributed by atoms with van der Waals surface area (Å²) in [6.45, 7) is 1.90. The van der Waals surface area contributed by atoms with Gasteiger partial charge in [-0.05, 0) is 6.42 Å². The summed E-state index contributed by atoms with van der Waals surface area (Å²) in [5, 5.41) is 15.1. The smallest absolute Gasteiger partial charge is 0.414 e. The van der Waals surface area contributed by atoms with Gasteiger partial charge in [-0.2, -0.15) is 0 Å². The Morgan fingerprint density at radius 2 is 1.89 bits per heavy atom. The van der Waals surface area contributed by atoms with Gasteiger partial charge in [-0.3, -0.25) is 24.3 Å². The van der Waals surface area contributed by atoms with Gasteiger partial charge in [0.15, 0.2) is 11.6 Å². The van der Waals surface area contributed by atoms with Crippen LogP contribution < -0.4 is 25.9 Å². The van der Waals surface area contributed by atoms with Gasteiger partial charge in [-0.15, -0.1) is 0 Å². The van der Waals surface area contributed by atoms with Crippen molar-refractivity contribution in [2.45, 2.75) is 25.9 Å². The molecule has 4 amide bonds. The van der Waals surface area contributed by atoms with Crippen LogP contribution >= 0.6 is 0 Å². The van der Waals surface area contributed by atoms with E-state index in [-0.39, 0.29) is 75.4 Å². The first-order valence-electron chi connectivity index (χ1n) is 11.6. The standard InChI is InChI=1S/C22H30F2N6O6/c1-14(32)26-11-16-12-29(22(35)36-16)15-9-17(23)21(18(24)10-15)28-6-5-27-30(8-7-28)20(34)3-2-4-25-19(33)13-31/h9-10,16,27,31H,2-8,11-13H2,1H3,(H,25,33)(H,26,32)/t16-/m0/s1. The van der Waals surface area contributed by atoms with Crippen molar-refractivity contribution in [3.05, 3.63) is 23.8 Å². The molecule has 2 aliphatic heterocycles. The van der Waals surface area contributed by atoms with Crippen LogP contribution in [-0.4, -0.2) is 92.5 Å². The molecule has 0 bridgehead atoms. The molecule has 2 heterocycles. The predicted molar refractivity (Wildman–Crippen MR) is 124 cm³/mol. The SMILES string of the molecule is CC(=O)NC[C@H]1CN(c2cc(F)c(N3CCNN(C(=O)CCCNC(=O)CO)CC3)c(F)c2)C(=O)O1. The van der Waals surface area contributed by atoms with E-state index < -0.39 is 36.3 Å². The van der Waals surface area contributed by atoms with E-state index in [0.717, 1.165) is 17.0 Å². The number of benzene rings is 1. The minimum Gasteiger partial charge on any atom is -0.442 e. The Hall–Kier alpha value is -3.52. The largest absolute Gasteiger partial charge is 0.442 e. The normalized spacial score (nSPS) is 18.1. The summed E-state index contributed by atoms with van der Waals surface area (Å²) in [4.78, 5) is 49.3. The molecule has 0 saturated carbocycles. The van der Waals surface area contributed by atoms with Crippen LogP contribution in [0, 0.1) is 11.6 Å². The molecule has 14 heteroatoms. The molecule has 2 aliphatic rings. The lowest BCUT2D eigenvalue weighted by atomic mass is 10.2. The van der Waals surface area contributed by atoms with Crippen LogP contribution in [0.5, 0.6) is 0 Å². The average molecular weight is 513 g/mol. The van der Waals surface area contributed by atoms with Gasteiger partial charge in [-0.25, -0.2) is 19.0 Å². The van der Waals surface area contributed by atoms with Crippen LogP contribution in [0.1, 0.15) is 19.8 Å². The predicted octanol–water partition coefficient (Wildman–Crippen LogP) is -0.532. The van der Waals surface area contributed by atoms with Crippen molar-refractivity contribution >= 4 is 35.2 Å². The highest BCUT2D eigenvalue weighted by atomic mass is 19.1. The summed E-state index contributed by atoms with van der Waals surface area (Å²) >= 11 is 0. The number of hydrogen-bond acceptors (Lipinski definition) is 8. The number of hydrazine groups is 1. The Balaban J connectivity index is 1.59. The maximum Gasteiger partial charge on any atom is 0.414 e. The Bertz CT molecular complexity index is 973. The third-order valence-electron chi connectivity index (χ3n) is 5.69. The summed E-state index contributed by atoms with van der Waals surface area (Å²) in [6.07, 6.45) is -0.883. The number of nitrogens with zero attached hydrogens (tertiary/aromatic N) is 3. The summed E-state index contributed by atoms with van der Waals surface area (Å²) in [6, 6.07) is 2.12. The molecule has 0 spiro atoms. The molecule has 0 aromatic heterocycles. The number of carbonyl (C=O) groups excluding carboxylic acids is 4. The van der Waals surface area contributed by atoms with E-state index in [1.165, 1.54) is 16.8 Å². The van der Waals surface area contributed by atoms with E-state index in [4.69, 9.17) is 9.84 Å². The van der Waals surface area contributed by atoms with Gasteiger partial charge in [0, 0.05) is 51.7 Å². The van der Waals surface area contributed by atoms with Crippen molar-refractivity contribution in [3.8, 4) is 0 Å². The van der Waals surface area contributed by atoms with Crippen LogP contribution in [0.3, 0.4) is 0 Å². The summed E-state index contributed by atoms with van der Waals surface area (Å²) in [7, 11) is 0. The number of carbonyl (C=O) groups is 4. The molecule has 12 nitrogen and oxygen atoms in total. The van der Waals surface area contributed by atoms with Crippen LogP contribution in [0.25, 0.3) is 0 Å². The van der Waals surface area contributed by atoms with Crippen LogP contribution in [0.15, 0.2) is 12.1 Å². The molecule has 0 aliphatic carbocycles. The summed E-state index contributed by atoms with van der Waals surface area (Å²) in [5.74, 6) is -2.75. The third-order valence-corrected chi connectivity index (χ3v) is 5.69. The molecule has 2 fully saturated rings. The highest BCUT2D eigenvalue weighted by molar-refractivity contribution is 5.90. The molecular weight excluding hydrogens is 482 g/mol. The van der Waals surface area contributed by atoms with E-state index in [2.05, 4.69) is 16.1 Å². The average Bonchev–Trinajstić information content (AvgIpc) is 3.04. The van der Waals surface area contributed by atoms with Crippen molar-refractivity contribution in [1.29, 1.82) is 0 Å². The zero-order valence-electron chi connectivity index (χ0n) is 19.9. The van der Waals surface area contributed by atoms with E-state index in [0.29, 0.717) is 6.42 Å². The molecule has 2 saturated heterocycles. The number of ether oxygens (including phenoxy) is 1. The highest BCUT2D eigenvalue weighted by Crippen LogP contribution is 2.31. The topological polar surface area (TPSA) is 144 Å². The fraction of sp³-hybridized carbons (Fsp3) is 0.545. The lowest BCUT2D eigenvalue weighted by Crippen LogP contribution is -2.43. The number of amides is 4. The number of nitrogens with one attached hydrogen (secondary N) is 3. The Labute approximate surface area is 206 Å². The monoisotopic (exact) mass is 512 g/mol. The number of anilines is 2. The Kier molecular flexibility index (Phi) is 9.36. The van der Waals surface area contributed by atoms with E-state index in [9.17, 15) is 19.2 Å². The van der Waals surface area contributed by atoms with Crippen LogP contribution in [-0.2, 0) is 19.1 Å². The van der Waals surface area contributed by atoms with Crippen molar-refractivity contribution in [1.82, 2.24) is 21.1 Å². The minimum absolute atomic E-state index is 0.00196. The van der Waals surface area contributed by atoms with Crippen LogP contribution in [0.2, 0.25) is 0 Å². The van der Waals surface area contributed by atoms with Crippen molar-refractivity contribution in [3.63, 3.8) is 0 Å². The molecular formula is C22H30F2N6O6. The van der Waals surface area contributed by atoms with E-state index in [1.54, 1.807) is 0 Å². The van der Waals surface area contributed by atoms with Crippen LogP contribution in [0.4, 0.5) is 25.0 Å². The molecule has 1 atom stereocenters. The number of aliphatic hydroxyl groups is 1. The quantitative estimate of drug-likeness (QED) is 0.324. The minimum atomic E-state index is -0.859. The van der Waals surface area contributed by atoms with Crippen molar-refractivity contribution in [2.24, 2.45) is 0 Å². The number of aliphatic hydroxyl groups excluding tert-OH is 1. The first-order valence-corrected chi connectivity index (χ1v) is 11.6. The van der Waals surface area contributed by atoms with Crippen molar-refractivity contribution < 1.29 is 37.8 Å². The third kappa shape index (κ3) is 7.01. The number of cyclic esters (lactones) is 1. The molecule has 198 valence electrons. The fourth-order valence-electron chi connectivity index (χ4n) is 3.93. The maximum absolute atomic E-state index is 15.0. The molecule has 4 N–H and O–H groups in total. The lowest BCUT2D eigenvalue weighted by molar-refractivity contribution is -0.134. The second-order valence-corrected chi connectivity index (χ2v) is 8.36. The summed E-state index contributed by atoms with van der Waals surface area (Å²) < 4.78 is 35.2. The second-order valence-electron chi connectivity index (χ2n) is 8.36.